The molecule has 2 rings (SSSR count). The molecule has 1 unspecified atom stereocenters. The molecule has 0 saturated heterocycles. The van der Waals surface area contributed by atoms with E-state index in [-0.39, 0.29) is 6.10 Å². The first-order chi connectivity index (χ1) is 7.31. The summed E-state index contributed by atoms with van der Waals surface area (Å²) in [4.78, 5) is 0. The van der Waals surface area contributed by atoms with E-state index < -0.39 is 0 Å². The quantitative estimate of drug-likeness (QED) is 0.829. The van der Waals surface area contributed by atoms with Crippen molar-refractivity contribution in [1.82, 2.24) is 9.78 Å². The van der Waals surface area contributed by atoms with Gasteiger partial charge >= 0.3 is 0 Å². The maximum Gasteiger partial charge on any atom is 0.0817 e. The summed E-state index contributed by atoms with van der Waals surface area (Å²) in [5.41, 5.74) is 0.961. The molecular formula is C12H20N2O. The molecule has 1 aromatic heterocycles. The Morgan fingerprint density at radius 2 is 2.20 bits per heavy atom. The first-order valence-electron chi connectivity index (χ1n) is 6.03. The SMILES string of the molecule is CCC(O)c1cnn(C2CCCCC2)c1. The normalized spacial score (nSPS) is 20.4. The lowest BCUT2D eigenvalue weighted by molar-refractivity contribution is 0.173. The first kappa shape index (κ1) is 10.7. The van der Waals surface area contributed by atoms with E-state index in [9.17, 15) is 5.11 Å². The molecule has 1 aromatic rings. The average molecular weight is 208 g/mol. The van der Waals surface area contributed by atoms with Gasteiger partial charge in [0, 0.05) is 11.8 Å². The van der Waals surface area contributed by atoms with Crippen LogP contribution in [0.25, 0.3) is 0 Å². The third kappa shape index (κ3) is 2.40. The highest BCUT2D eigenvalue weighted by atomic mass is 16.3. The second kappa shape index (κ2) is 4.79. The Hall–Kier alpha value is -0.830. The van der Waals surface area contributed by atoms with E-state index in [0.29, 0.717) is 6.04 Å². The lowest BCUT2D eigenvalue weighted by atomic mass is 9.96. The van der Waals surface area contributed by atoms with Crippen LogP contribution in [0.15, 0.2) is 12.4 Å². The average Bonchev–Trinajstić information content (AvgIpc) is 2.78. The summed E-state index contributed by atoms with van der Waals surface area (Å²) < 4.78 is 2.05. The second-order valence-electron chi connectivity index (χ2n) is 4.47. The molecule has 15 heavy (non-hydrogen) atoms. The zero-order valence-corrected chi connectivity index (χ0v) is 9.39. The third-order valence-corrected chi connectivity index (χ3v) is 3.34. The molecule has 1 N–H and O–H groups in total. The van der Waals surface area contributed by atoms with E-state index in [1.165, 1.54) is 32.1 Å². The van der Waals surface area contributed by atoms with E-state index in [4.69, 9.17) is 0 Å². The van der Waals surface area contributed by atoms with Gasteiger partial charge in [0.05, 0.1) is 18.3 Å². The molecule has 1 fully saturated rings. The van der Waals surface area contributed by atoms with Crippen molar-refractivity contribution >= 4 is 0 Å². The van der Waals surface area contributed by atoms with Crippen LogP contribution in [0.5, 0.6) is 0 Å². The topological polar surface area (TPSA) is 38.1 Å². The molecule has 1 aliphatic rings. The molecule has 3 nitrogen and oxygen atoms in total. The highest BCUT2D eigenvalue weighted by Gasteiger charge is 2.17. The molecule has 1 atom stereocenters. The number of hydrogen-bond acceptors (Lipinski definition) is 2. The molecule has 0 amide bonds. The molecule has 0 spiro atoms. The van der Waals surface area contributed by atoms with Gasteiger partial charge in [0.25, 0.3) is 0 Å². The van der Waals surface area contributed by atoms with Gasteiger partial charge in [0.1, 0.15) is 0 Å². The molecule has 3 heteroatoms. The summed E-state index contributed by atoms with van der Waals surface area (Å²) in [6, 6.07) is 0.566. The maximum atomic E-state index is 9.69. The zero-order chi connectivity index (χ0) is 10.7. The van der Waals surface area contributed by atoms with Gasteiger partial charge in [0.15, 0.2) is 0 Å². The lowest BCUT2D eigenvalue weighted by Gasteiger charge is -2.21. The van der Waals surface area contributed by atoms with Crippen molar-refractivity contribution in [3.05, 3.63) is 18.0 Å². The summed E-state index contributed by atoms with van der Waals surface area (Å²) >= 11 is 0. The van der Waals surface area contributed by atoms with E-state index in [1.54, 1.807) is 0 Å². The van der Waals surface area contributed by atoms with E-state index in [0.717, 1.165) is 12.0 Å². The summed E-state index contributed by atoms with van der Waals surface area (Å²) in [7, 11) is 0. The molecular weight excluding hydrogens is 188 g/mol. The molecule has 0 aliphatic heterocycles. The van der Waals surface area contributed by atoms with Gasteiger partial charge in [-0.3, -0.25) is 4.68 Å². The Kier molecular flexibility index (Phi) is 3.41. The van der Waals surface area contributed by atoms with Crippen molar-refractivity contribution in [3.8, 4) is 0 Å². The van der Waals surface area contributed by atoms with Crippen LogP contribution in [0.3, 0.4) is 0 Å². The van der Waals surface area contributed by atoms with Crippen LogP contribution in [0.4, 0.5) is 0 Å². The molecule has 0 radical (unpaired) electrons. The van der Waals surface area contributed by atoms with Gasteiger partial charge in [-0.25, -0.2) is 0 Å². The predicted octanol–water partition coefficient (Wildman–Crippen LogP) is 2.83. The van der Waals surface area contributed by atoms with Gasteiger partial charge in [-0.1, -0.05) is 26.2 Å². The van der Waals surface area contributed by atoms with Gasteiger partial charge in [-0.2, -0.15) is 5.10 Å². The van der Waals surface area contributed by atoms with Gasteiger partial charge in [-0.15, -0.1) is 0 Å². The minimum Gasteiger partial charge on any atom is -0.388 e. The van der Waals surface area contributed by atoms with Crippen LogP contribution in [-0.4, -0.2) is 14.9 Å². The van der Waals surface area contributed by atoms with Gasteiger partial charge in [-0.05, 0) is 19.3 Å². The number of rotatable bonds is 3. The third-order valence-electron chi connectivity index (χ3n) is 3.34. The van der Waals surface area contributed by atoms with Crippen LogP contribution < -0.4 is 0 Å². The molecule has 0 bridgehead atoms. The smallest absolute Gasteiger partial charge is 0.0817 e. The first-order valence-corrected chi connectivity index (χ1v) is 6.03. The van der Waals surface area contributed by atoms with Crippen LogP contribution in [0, 0.1) is 0 Å². The summed E-state index contributed by atoms with van der Waals surface area (Å²) in [6.45, 7) is 1.99. The largest absolute Gasteiger partial charge is 0.388 e. The number of aromatic nitrogens is 2. The lowest BCUT2D eigenvalue weighted by Crippen LogP contribution is -2.13. The fraction of sp³-hybridized carbons (Fsp3) is 0.750. The van der Waals surface area contributed by atoms with Crippen LogP contribution in [-0.2, 0) is 0 Å². The monoisotopic (exact) mass is 208 g/mol. The van der Waals surface area contributed by atoms with Gasteiger partial charge in [0.2, 0.25) is 0 Å². The van der Waals surface area contributed by atoms with Crippen molar-refractivity contribution in [1.29, 1.82) is 0 Å². The minimum absolute atomic E-state index is 0.345. The molecule has 84 valence electrons. The summed E-state index contributed by atoms with van der Waals surface area (Å²) in [5, 5.41) is 14.1. The Balaban J connectivity index is 2.05. The Morgan fingerprint density at radius 1 is 1.47 bits per heavy atom. The Bertz CT molecular complexity index is 302. The van der Waals surface area contributed by atoms with Crippen molar-refractivity contribution in [2.75, 3.05) is 0 Å². The standard InChI is InChI=1S/C12H20N2O/c1-2-12(15)10-8-13-14(9-10)11-6-4-3-5-7-11/h8-9,11-12,15H,2-7H2,1H3. The molecule has 1 aliphatic carbocycles. The van der Waals surface area contributed by atoms with E-state index in [2.05, 4.69) is 5.10 Å². The number of aliphatic hydroxyl groups excluding tert-OH is 1. The Labute approximate surface area is 91.1 Å². The van der Waals surface area contributed by atoms with Gasteiger partial charge < -0.3 is 5.11 Å². The van der Waals surface area contributed by atoms with E-state index in [1.807, 2.05) is 24.0 Å². The minimum atomic E-state index is -0.345. The number of hydrogen-bond donors (Lipinski definition) is 1. The van der Waals surface area contributed by atoms with Crippen molar-refractivity contribution in [2.45, 2.75) is 57.6 Å². The van der Waals surface area contributed by atoms with Crippen LogP contribution >= 0.6 is 0 Å². The van der Waals surface area contributed by atoms with Crippen LogP contribution in [0.2, 0.25) is 0 Å². The fourth-order valence-electron chi connectivity index (χ4n) is 2.31. The van der Waals surface area contributed by atoms with Crippen molar-refractivity contribution < 1.29 is 5.11 Å². The molecule has 1 saturated carbocycles. The zero-order valence-electron chi connectivity index (χ0n) is 9.39. The number of nitrogens with zero attached hydrogens (tertiary/aromatic N) is 2. The van der Waals surface area contributed by atoms with Crippen molar-refractivity contribution in [3.63, 3.8) is 0 Å². The predicted molar refractivity (Wildman–Crippen MR) is 59.6 cm³/mol. The summed E-state index contributed by atoms with van der Waals surface area (Å²) in [6.07, 6.45) is 10.7. The highest BCUT2D eigenvalue weighted by molar-refractivity contribution is 5.08. The molecule has 1 heterocycles. The molecule has 0 aromatic carbocycles. The maximum absolute atomic E-state index is 9.69. The second-order valence-corrected chi connectivity index (χ2v) is 4.47. The highest BCUT2D eigenvalue weighted by Crippen LogP contribution is 2.28. The van der Waals surface area contributed by atoms with Crippen molar-refractivity contribution in [2.24, 2.45) is 0 Å². The number of aliphatic hydroxyl groups is 1. The van der Waals surface area contributed by atoms with E-state index >= 15 is 0 Å². The Morgan fingerprint density at radius 3 is 2.87 bits per heavy atom. The summed E-state index contributed by atoms with van der Waals surface area (Å²) in [5.74, 6) is 0. The van der Waals surface area contributed by atoms with Crippen LogP contribution in [0.1, 0.15) is 63.2 Å². The fourth-order valence-corrected chi connectivity index (χ4v) is 2.31.